The van der Waals surface area contributed by atoms with Gasteiger partial charge in [-0.05, 0) is 37.1 Å². The summed E-state index contributed by atoms with van der Waals surface area (Å²) in [7, 11) is 1.54. The largest absolute Gasteiger partial charge is 0.496 e. The van der Waals surface area contributed by atoms with Gasteiger partial charge in [0, 0.05) is 17.8 Å². The molecule has 1 aromatic heterocycles. The zero-order valence-corrected chi connectivity index (χ0v) is 14.0. The van der Waals surface area contributed by atoms with Crippen molar-refractivity contribution >= 4 is 11.6 Å². The number of hydrogen-bond acceptors (Lipinski definition) is 4. The second-order valence-electron chi connectivity index (χ2n) is 5.56. The van der Waals surface area contributed by atoms with Gasteiger partial charge in [0.1, 0.15) is 11.4 Å². The predicted molar refractivity (Wildman–Crippen MR) is 88.9 cm³/mol. The van der Waals surface area contributed by atoms with Crippen LogP contribution < -0.4 is 10.1 Å². The van der Waals surface area contributed by atoms with Gasteiger partial charge in [-0.15, -0.1) is 0 Å². The second kappa shape index (κ2) is 7.28. The molecule has 0 fully saturated rings. The first-order valence-electron chi connectivity index (χ1n) is 7.67. The maximum Gasteiger partial charge on any atom is 0.273 e. The van der Waals surface area contributed by atoms with E-state index in [2.05, 4.69) is 10.4 Å². The van der Waals surface area contributed by atoms with Crippen LogP contribution >= 0.6 is 0 Å². The van der Waals surface area contributed by atoms with E-state index in [4.69, 9.17) is 4.74 Å². The molecule has 6 nitrogen and oxygen atoms in total. The number of nitrogens with one attached hydrogen (secondary N) is 1. The first-order valence-corrected chi connectivity index (χ1v) is 7.67. The number of benzene rings is 1. The highest BCUT2D eigenvalue weighted by Gasteiger charge is 2.16. The van der Waals surface area contributed by atoms with E-state index in [0.29, 0.717) is 29.2 Å². The summed E-state index contributed by atoms with van der Waals surface area (Å²) in [6, 6.07) is 6.98. The van der Waals surface area contributed by atoms with Crippen molar-refractivity contribution in [1.29, 1.82) is 0 Å². The lowest BCUT2D eigenvalue weighted by atomic mass is 10.1. The van der Waals surface area contributed by atoms with Crippen LogP contribution in [0.15, 0.2) is 24.3 Å². The minimum atomic E-state index is -0.222. The van der Waals surface area contributed by atoms with E-state index in [1.54, 1.807) is 30.0 Å². The van der Waals surface area contributed by atoms with Gasteiger partial charge in [0.2, 0.25) is 0 Å². The van der Waals surface area contributed by atoms with E-state index < -0.39 is 0 Å². The summed E-state index contributed by atoms with van der Waals surface area (Å²) >= 11 is 0. The first kappa shape index (κ1) is 17.0. The van der Waals surface area contributed by atoms with Crippen LogP contribution in [0.4, 0.5) is 5.69 Å². The molecule has 0 spiro atoms. The average Bonchev–Trinajstić information content (AvgIpc) is 2.99. The van der Waals surface area contributed by atoms with Gasteiger partial charge < -0.3 is 15.2 Å². The van der Waals surface area contributed by atoms with Gasteiger partial charge in [-0.25, -0.2) is 0 Å². The molecular weight excluding hydrogens is 294 g/mol. The molecule has 0 saturated carbocycles. The summed E-state index contributed by atoms with van der Waals surface area (Å²) in [5, 5.41) is 16.7. The molecule has 2 aromatic rings. The van der Waals surface area contributed by atoms with Crippen LogP contribution in [0.2, 0.25) is 0 Å². The third-order valence-electron chi connectivity index (χ3n) is 3.63. The summed E-state index contributed by atoms with van der Waals surface area (Å²) in [5.74, 6) is 0.628. The van der Waals surface area contributed by atoms with Gasteiger partial charge in [-0.2, -0.15) is 5.10 Å². The van der Waals surface area contributed by atoms with E-state index in [-0.39, 0.29) is 18.4 Å². The summed E-state index contributed by atoms with van der Waals surface area (Å²) in [6.07, 6.45) is 0. The summed E-state index contributed by atoms with van der Waals surface area (Å²) in [5.41, 5.74) is 2.65. The van der Waals surface area contributed by atoms with Crippen molar-refractivity contribution in [3.05, 3.63) is 41.2 Å². The third kappa shape index (κ3) is 3.71. The molecule has 0 aliphatic rings. The number of carbonyl (C=O) groups is 1. The average molecular weight is 317 g/mol. The van der Waals surface area contributed by atoms with Gasteiger partial charge in [0.25, 0.3) is 5.91 Å². The fourth-order valence-corrected chi connectivity index (χ4v) is 2.32. The summed E-state index contributed by atoms with van der Waals surface area (Å²) < 4.78 is 6.86. The van der Waals surface area contributed by atoms with E-state index in [1.165, 1.54) is 0 Å². The van der Waals surface area contributed by atoms with Crippen molar-refractivity contribution in [3.8, 4) is 5.75 Å². The van der Waals surface area contributed by atoms with Crippen molar-refractivity contribution in [2.24, 2.45) is 0 Å². The fraction of sp³-hybridized carbons (Fsp3) is 0.412. The molecule has 0 radical (unpaired) electrons. The highest BCUT2D eigenvalue weighted by atomic mass is 16.5. The van der Waals surface area contributed by atoms with Crippen LogP contribution in [-0.2, 0) is 13.2 Å². The van der Waals surface area contributed by atoms with Crippen molar-refractivity contribution in [2.75, 3.05) is 12.4 Å². The maximum absolute atomic E-state index is 12.5. The number of hydrogen-bond donors (Lipinski definition) is 2. The number of aliphatic hydroxyl groups excluding tert-OH is 1. The molecule has 2 N–H and O–H groups in total. The molecule has 0 bridgehead atoms. The van der Waals surface area contributed by atoms with Crippen LogP contribution in [0, 0.1) is 0 Å². The zero-order valence-electron chi connectivity index (χ0n) is 14.0. The number of ether oxygens (including phenoxy) is 1. The molecule has 6 heteroatoms. The van der Waals surface area contributed by atoms with Gasteiger partial charge in [-0.1, -0.05) is 13.8 Å². The van der Waals surface area contributed by atoms with Gasteiger partial charge in [-0.3, -0.25) is 9.48 Å². The van der Waals surface area contributed by atoms with Crippen LogP contribution in [0.1, 0.15) is 48.4 Å². The molecule has 1 aromatic carbocycles. The maximum atomic E-state index is 12.5. The number of amides is 1. The Balaban J connectivity index is 2.25. The standard InChI is InChI=1S/C17H23N3O3/c1-5-20-15(9-14(19-20)11(2)3)17(22)18-13-6-7-16(23-4)12(8-13)10-21/h6-9,11,21H,5,10H2,1-4H3,(H,18,22). The lowest BCUT2D eigenvalue weighted by molar-refractivity contribution is 0.101. The number of aromatic nitrogens is 2. The van der Waals surface area contributed by atoms with E-state index in [1.807, 2.05) is 26.8 Å². The number of rotatable bonds is 6. The molecule has 2 rings (SSSR count). The predicted octanol–water partition coefficient (Wildman–Crippen LogP) is 2.78. The molecule has 0 aliphatic heterocycles. The number of aliphatic hydroxyl groups is 1. The first-order chi connectivity index (χ1) is 11.0. The highest BCUT2D eigenvalue weighted by molar-refractivity contribution is 6.03. The smallest absolute Gasteiger partial charge is 0.273 e. The molecule has 0 saturated heterocycles. The quantitative estimate of drug-likeness (QED) is 0.859. The van der Waals surface area contributed by atoms with E-state index >= 15 is 0 Å². The normalized spacial score (nSPS) is 10.9. The van der Waals surface area contributed by atoms with Crippen molar-refractivity contribution < 1.29 is 14.6 Å². The number of methoxy groups -OCH3 is 1. The van der Waals surface area contributed by atoms with Gasteiger partial charge in [0.15, 0.2) is 0 Å². The molecule has 0 aliphatic carbocycles. The van der Waals surface area contributed by atoms with E-state index in [9.17, 15) is 9.90 Å². The lowest BCUT2D eigenvalue weighted by Crippen LogP contribution is -2.17. The molecule has 23 heavy (non-hydrogen) atoms. The Hall–Kier alpha value is -2.34. The Bertz CT molecular complexity index is 692. The Morgan fingerprint density at radius 1 is 1.39 bits per heavy atom. The van der Waals surface area contributed by atoms with E-state index in [0.717, 1.165) is 5.69 Å². The Kier molecular flexibility index (Phi) is 5.39. The minimum absolute atomic E-state index is 0.155. The SMILES string of the molecule is CCn1nc(C(C)C)cc1C(=O)Nc1ccc(OC)c(CO)c1. The number of carbonyl (C=O) groups excluding carboxylic acids is 1. The zero-order chi connectivity index (χ0) is 17.0. The third-order valence-corrected chi connectivity index (χ3v) is 3.63. The van der Waals surface area contributed by atoms with Crippen molar-refractivity contribution in [3.63, 3.8) is 0 Å². The molecule has 124 valence electrons. The molecule has 0 atom stereocenters. The molecular formula is C17H23N3O3. The van der Waals surface area contributed by atoms with Crippen molar-refractivity contribution in [2.45, 2.75) is 39.8 Å². The van der Waals surface area contributed by atoms with Crippen molar-refractivity contribution in [1.82, 2.24) is 9.78 Å². The molecule has 1 heterocycles. The second-order valence-corrected chi connectivity index (χ2v) is 5.56. The van der Waals surface area contributed by atoms with Crippen LogP contribution in [0.3, 0.4) is 0 Å². The fourth-order valence-electron chi connectivity index (χ4n) is 2.32. The summed E-state index contributed by atoms with van der Waals surface area (Å²) in [6.45, 7) is 6.50. The minimum Gasteiger partial charge on any atom is -0.496 e. The molecule has 0 unspecified atom stereocenters. The van der Waals surface area contributed by atoms with Crippen LogP contribution in [-0.4, -0.2) is 27.9 Å². The molecule has 1 amide bonds. The Labute approximate surface area is 136 Å². The van der Waals surface area contributed by atoms with Gasteiger partial charge >= 0.3 is 0 Å². The lowest BCUT2D eigenvalue weighted by Gasteiger charge is -2.10. The topological polar surface area (TPSA) is 76.4 Å². The number of aryl methyl sites for hydroxylation is 1. The number of anilines is 1. The monoisotopic (exact) mass is 317 g/mol. The van der Waals surface area contributed by atoms with Crippen LogP contribution in [0.25, 0.3) is 0 Å². The summed E-state index contributed by atoms with van der Waals surface area (Å²) in [4.78, 5) is 12.5. The van der Waals surface area contributed by atoms with Crippen LogP contribution in [0.5, 0.6) is 5.75 Å². The Morgan fingerprint density at radius 2 is 2.13 bits per heavy atom. The Morgan fingerprint density at radius 3 is 2.70 bits per heavy atom. The highest BCUT2D eigenvalue weighted by Crippen LogP contribution is 2.23. The van der Waals surface area contributed by atoms with Gasteiger partial charge in [0.05, 0.1) is 19.4 Å². The number of nitrogens with zero attached hydrogens (tertiary/aromatic N) is 2.